The van der Waals surface area contributed by atoms with Crippen LogP contribution in [0.25, 0.3) is 5.69 Å². The lowest BCUT2D eigenvalue weighted by Crippen LogP contribution is -2.37. The van der Waals surface area contributed by atoms with E-state index in [1.54, 1.807) is 19.2 Å². The van der Waals surface area contributed by atoms with Crippen molar-refractivity contribution in [1.82, 2.24) is 30.2 Å². The van der Waals surface area contributed by atoms with Crippen LogP contribution in [0.3, 0.4) is 0 Å². The topological polar surface area (TPSA) is 102 Å². The first-order valence-corrected chi connectivity index (χ1v) is 7.51. The normalized spacial score (nSPS) is 12.7. The van der Waals surface area contributed by atoms with Gasteiger partial charge in [-0.3, -0.25) is 0 Å². The Morgan fingerprint density at radius 2 is 2.14 bits per heavy atom. The summed E-state index contributed by atoms with van der Waals surface area (Å²) in [7, 11) is -1.78. The van der Waals surface area contributed by atoms with E-state index in [0.29, 0.717) is 12.2 Å². The molecular weight excluding hydrogens is 316 g/mol. The van der Waals surface area contributed by atoms with E-state index in [1.807, 2.05) is 6.92 Å². The Morgan fingerprint density at radius 3 is 2.76 bits per heavy atom. The Labute approximate surface area is 129 Å². The molecule has 8 nitrogen and oxygen atoms in total. The number of sulfonamides is 1. The molecule has 0 aliphatic carbocycles. The summed E-state index contributed by atoms with van der Waals surface area (Å²) in [6.07, 6.45) is 1.40. The molecule has 2 aromatic rings. The molecule has 1 atom stereocenters. The molecule has 1 aromatic carbocycles. The summed E-state index contributed by atoms with van der Waals surface area (Å²) in [5.41, 5.74) is 0.583. The average molecular weight is 333 g/mol. The molecular formula is C11H17ClN6O2S. The third kappa shape index (κ3) is 4.46. The molecule has 0 fully saturated rings. The molecule has 0 amide bonds. The maximum atomic E-state index is 12.2. The van der Waals surface area contributed by atoms with Crippen molar-refractivity contribution in [3.8, 4) is 5.69 Å². The molecule has 2 rings (SSSR count). The van der Waals surface area contributed by atoms with Crippen LogP contribution in [-0.2, 0) is 10.0 Å². The molecule has 0 radical (unpaired) electrons. The molecule has 116 valence electrons. The minimum Gasteiger partial charge on any atom is -0.316 e. The zero-order valence-corrected chi connectivity index (χ0v) is 13.2. The molecule has 0 aliphatic heterocycles. The van der Waals surface area contributed by atoms with Gasteiger partial charge in [0.1, 0.15) is 6.33 Å². The van der Waals surface area contributed by atoms with Crippen molar-refractivity contribution in [2.75, 3.05) is 13.6 Å². The quantitative estimate of drug-likeness (QED) is 0.770. The highest BCUT2D eigenvalue weighted by molar-refractivity contribution is 7.89. The molecule has 0 saturated heterocycles. The fourth-order valence-corrected chi connectivity index (χ4v) is 2.66. The van der Waals surface area contributed by atoms with Gasteiger partial charge in [0, 0.05) is 12.6 Å². The van der Waals surface area contributed by atoms with E-state index in [2.05, 4.69) is 25.6 Å². The second kappa shape index (κ2) is 7.46. The van der Waals surface area contributed by atoms with E-state index in [9.17, 15) is 8.42 Å². The molecule has 0 aliphatic rings. The van der Waals surface area contributed by atoms with E-state index in [1.165, 1.54) is 23.1 Å². The Bertz CT molecular complexity index is 661. The van der Waals surface area contributed by atoms with Crippen LogP contribution < -0.4 is 10.0 Å². The number of nitrogens with one attached hydrogen (secondary N) is 2. The fraction of sp³-hybridized carbons (Fsp3) is 0.364. The van der Waals surface area contributed by atoms with Crippen LogP contribution in [0.5, 0.6) is 0 Å². The molecule has 0 saturated carbocycles. The first-order valence-electron chi connectivity index (χ1n) is 6.03. The number of hydrogen-bond donors (Lipinski definition) is 2. The number of benzene rings is 1. The van der Waals surface area contributed by atoms with E-state index < -0.39 is 10.0 Å². The first-order chi connectivity index (χ1) is 9.53. The Hall–Kier alpha value is -1.55. The third-order valence-corrected chi connectivity index (χ3v) is 4.24. The van der Waals surface area contributed by atoms with Crippen molar-refractivity contribution in [3.05, 3.63) is 30.6 Å². The van der Waals surface area contributed by atoms with Gasteiger partial charge in [0.2, 0.25) is 10.0 Å². The van der Waals surface area contributed by atoms with Gasteiger partial charge in [0.05, 0.1) is 10.6 Å². The summed E-state index contributed by atoms with van der Waals surface area (Å²) in [4.78, 5) is 0.175. The van der Waals surface area contributed by atoms with Crippen molar-refractivity contribution in [3.63, 3.8) is 0 Å². The van der Waals surface area contributed by atoms with Gasteiger partial charge in [0.15, 0.2) is 0 Å². The van der Waals surface area contributed by atoms with Crippen LogP contribution >= 0.6 is 12.4 Å². The molecule has 0 spiro atoms. The molecule has 1 heterocycles. The lowest BCUT2D eigenvalue weighted by atomic mass is 10.3. The first kappa shape index (κ1) is 17.5. The van der Waals surface area contributed by atoms with Crippen molar-refractivity contribution < 1.29 is 8.42 Å². The van der Waals surface area contributed by atoms with Crippen molar-refractivity contribution in [1.29, 1.82) is 0 Å². The Kier molecular flexibility index (Phi) is 6.21. The fourth-order valence-electron chi connectivity index (χ4n) is 1.49. The number of tetrazole rings is 1. The molecule has 21 heavy (non-hydrogen) atoms. The summed E-state index contributed by atoms with van der Waals surface area (Å²) in [5.74, 6) is 0. The second-order valence-electron chi connectivity index (χ2n) is 4.29. The van der Waals surface area contributed by atoms with Gasteiger partial charge >= 0.3 is 0 Å². The smallest absolute Gasteiger partial charge is 0.240 e. The lowest BCUT2D eigenvalue weighted by Gasteiger charge is -2.12. The molecule has 0 bridgehead atoms. The predicted molar refractivity (Wildman–Crippen MR) is 80.1 cm³/mol. The van der Waals surface area contributed by atoms with E-state index in [0.717, 1.165) is 0 Å². The number of halogens is 1. The number of nitrogens with zero attached hydrogens (tertiary/aromatic N) is 4. The minimum absolute atomic E-state index is 0. The van der Waals surface area contributed by atoms with E-state index >= 15 is 0 Å². The summed E-state index contributed by atoms with van der Waals surface area (Å²) in [6.45, 7) is 2.20. The van der Waals surface area contributed by atoms with Gasteiger partial charge in [0.25, 0.3) is 0 Å². The standard InChI is InChI=1S/C11H16N6O2S.ClH/c1-9(12-2)7-14-20(18,19)11-5-3-4-10(6-11)17-8-13-15-16-17;/h3-6,8-9,12,14H,7H2,1-2H3;1H. The van der Waals surface area contributed by atoms with Crippen LogP contribution in [0.2, 0.25) is 0 Å². The highest BCUT2D eigenvalue weighted by Gasteiger charge is 2.15. The van der Waals surface area contributed by atoms with Gasteiger partial charge in [-0.25, -0.2) is 17.8 Å². The summed E-state index contributed by atoms with van der Waals surface area (Å²) in [6, 6.07) is 6.47. The van der Waals surface area contributed by atoms with Crippen molar-refractivity contribution in [2.45, 2.75) is 17.9 Å². The van der Waals surface area contributed by atoms with Gasteiger partial charge in [-0.1, -0.05) is 6.07 Å². The van der Waals surface area contributed by atoms with Crippen LogP contribution in [0, 0.1) is 0 Å². The lowest BCUT2D eigenvalue weighted by molar-refractivity contribution is 0.554. The summed E-state index contributed by atoms with van der Waals surface area (Å²) >= 11 is 0. The van der Waals surface area contributed by atoms with Gasteiger partial charge < -0.3 is 5.32 Å². The molecule has 2 N–H and O–H groups in total. The number of rotatable bonds is 6. The van der Waals surface area contributed by atoms with Crippen molar-refractivity contribution in [2.24, 2.45) is 0 Å². The van der Waals surface area contributed by atoms with E-state index in [4.69, 9.17) is 0 Å². The Morgan fingerprint density at radius 1 is 1.38 bits per heavy atom. The highest BCUT2D eigenvalue weighted by atomic mass is 35.5. The van der Waals surface area contributed by atoms with Crippen LogP contribution in [0.4, 0.5) is 0 Å². The van der Waals surface area contributed by atoms with Gasteiger partial charge in [-0.15, -0.1) is 17.5 Å². The number of hydrogen-bond acceptors (Lipinski definition) is 6. The third-order valence-electron chi connectivity index (χ3n) is 2.81. The summed E-state index contributed by atoms with van der Waals surface area (Å²) in [5, 5.41) is 13.7. The Balaban J connectivity index is 0.00000220. The average Bonchev–Trinajstić information content (AvgIpc) is 2.99. The summed E-state index contributed by atoms with van der Waals surface area (Å²) < 4.78 is 28.3. The largest absolute Gasteiger partial charge is 0.316 e. The molecule has 10 heteroatoms. The zero-order chi connectivity index (χ0) is 14.6. The number of likely N-dealkylation sites (N-methyl/N-ethyl adjacent to an activating group) is 1. The van der Waals surface area contributed by atoms with Crippen molar-refractivity contribution >= 4 is 22.4 Å². The maximum absolute atomic E-state index is 12.2. The predicted octanol–water partition coefficient (Wildman–Crippen LogP) is -0.0297. The SMILES string of the molecule is CNC(C)CNS(=O)(=O)c1cccc(-n2cnnn2)c1.Cl. The van der Waals surface area contributed by atoms with Crippen LogP contribution in [-0.4, -0.2) is 48.3 Å². The molecule has 1 aromatic heterocycles. The second-order valence-corrected chi connectivity index (χ2v) is 6.06. The van der Waals surface area contributed by atoms with Crippen LogP contribution in [0.1, 0.15) is 6.92 Å². The highest BCUT2D eigenvalue weighted by Crippen LogP contribution is 2.13. The van der Waals surface area contributed by atoms with Gasteiger partial charge in [-0.05, 0) is 42.6 Å². The maximum Gasteiger partial charge on any atom is 0.240 e. The van der Waals surface area contributed by atoms with Gasteiger partial charge in [-0.2, -0.15) is 0 Å². The number of aromatic nitrogens is 4. The molecule has 1 unspecified atom stereocenters. The van der Waals surface area contributed by atoms with E-state index in [-0.39, 0.29) is 23.3 Å². The van der Waals surface area contributed by atoms with Crippen LogP contribution in [0.15, 0.2) is 35.5 Å². The monoisotopic (exact) mass is 332 g/mol. The zero-order valence-electron chi connectivity index (χ0n) is 11.6. The minimum atomic E-state index is -3.55.